The van der Waals surface area contributed by atoms with Crippen LogP contribution in [0.1, 0.15) is 29.7 Å². The quantitative estimate of drug-likeness (QED) is 0.469. The van der Waals surface area contributed by atoms with Crippen LogP contribution in [0.2, 0.25) is 0 Å². The van der Waals surface area contributed by atoms with E-state index in [0.29, 0.717) is 11.3 Å². The smallest absolute Gasteiger partial charge is 0.338 e. The van der Waals surface area contributed by atoms with Gasteiger partial charge in [0.15, 0.2) is 0 Å². The summed E-state index contributed by atoms with van der Waals surface area (Å²) in [5.41, 5.74) is 2.76. The molecule has 0 bridgehead atoms. The van der Waals surface area contributed by atoms with Crippen molar-refractivity contribution >= 4 is 17.7 Å². The Morgan fingerprint density at radius 3 is 2.57 bits per heavy atom. The lowest BCUT2D eigenvalue weighted by Gasteiger charge is -2.28. The van der Waals surface area contributed by atoms with Gasteiger partial charge in [0.1, 0.15) is 6.61 Å². The van der Waals surface area contributed by atoms with Gasteiger partial charge in [0, 0.05) is 17.8 Å². The van der Waals surface area contributed by atoms with Gasteiger partial charge in [-0.05, 0) is 25.0 Å². The first-order chi connectivity index (χ1) is 13.3. The first-order valence-corrected chi connectivity index (χ1v) is 8.60. The summed E-state index contributed by atoms with van der Waals surface area (Å²) in [7, 11) is 0. The van der Waals surface area contributed by atoms with Crippen LogP contribution in [0.3, 0.4) is 0 Å². The second kappa shape index (κ2) is 7.91. The lowest BCUT2D eigenvalue weighted by Crippen LogP contribution is -2.45. The highest BCUT2D eigenvalue weighted by atomic mass is 16.6. The van der Waals surface area contributed by atoms with Crippen LogP contribution in [0.25, 0.3) is 0 Å². The molecule has 1 heterocycles. The normalized spacial score (nSPS) is 16.2. The van der Waals surface area contributed by atoms with E-state index >= 15 is 0 Å². The number of esters is 1. The Labute approximate surface area is 161 Å². The predicted molar refractivity (Wildman–Crippen MR) is 101 cm³/mol. The molecule has 8 nitrogen and oxygen atoms in total. The van der Waals surface area contributed by atoms with E-state index < -0.39 is 23.0 Å². The van der Waals surface area contributed by atoms with Gasteiger partial charge in [-0.2, -0.15) is 0 Å². The monoisotopic (exact) mass is 381 g/mol. The molecule has 2 amide bonds. The number of ether oxygens (including phenoxy) is 1. The molecule has 0 saturated carbocycles. The Balaban J connectivity index is 1.86. The van der Waals surface area contributed by atoms with Crippen LogP contribution >= 0.6 is 0 Å². The van der Waals surface area contributed by atoms with E-state index in [1.54, 1.807) is 13.0 Å². The molecule has 0 fully saturated rings. The lowest BCUT2D eigenvalue weighted by molar-refractivity contribution is -0.384. The molecule has 0 saturated heterocycles. The third-order valence-electron chi connectivity index (χ3n) is 4.39. The van der Waals surface area contributed by atoms with Crippen molar-refractivity contribution in [1.29, 1.82) is 0 Å². The number of hydrogen-bond acceptors (Lipinski definition) is 5. The van der Waals surface area contributed by atoms with E-state index in [0.717, 1.165) is 11.1 Å². The van der Waals surface area contributed by atoms with Crippen molar-refractivity contribution in [2.45, 2.75) is 26.5 Å². The molecule has 0 aliphatic carbocycles. The Hall–Kier alpha value is -3.68. The maximum Gasteiger partial charge on any atom is 0.338 e. The van der Waals surface area contributed by atoms with Crippen molar-refractivity contribution in [3.63, 3.8) is 0 Å². The molecule has 2 aromatic rings. The van der Waals surface area contributed by atoms with Gasteiger partial charge in [-0.1, -0.05) is 42.0 Å². The number of aryl methyl sites for hydroxylation is 1. The number of carbonyl (C=O) groups is 2. The fraction of sp³-hybridized carbons (Fsp3) is 0.200. The number of non-ortho nitro benzene ring substituents is 1. The van der Waals surface area contributed by atoms with Crippen molar-refractivity contribution in [2.75, 3.05) is 0 Å². The molecule has 1 atom stereocenters. The van der Waals surface area contributed by atoms with Gasteiger partial charge in [-0.15, -0.1) is 0 Å². The first-order valence-electron chi connectivity index (χ1n) is 8.60. The summed E-state index contributed by atoms with van der Waals surface area (Å²) in [5, 5.41) is 16.2. The third-order valence-corrected chi connectivity index (χ3v) is 4.39. The van der Waals surface area contributed by atoms with Gasteiger partial charge in [0.25, 0.3) is 5.69 Å². The number of allylic oxidation sites excluding steroid dienone is 1. The number of nitrogens with one attached hydrogen (secondary N) is 2. The molecule has 0 aromatic heterocycles. The number of hydrogen-bond donors (Lipinski definition) is 2. The van der Waals surface area contributed by atoms with Crippen LogP contribution in [-0.2, 0) is 16.1 Å². The number of nitro groups is 1. The second-order valence-corrected chi connectivity index (χ2v) is 6.48. The molecular weight excluding hydrogens is 362 g/mol. The third kappa shape index (κ3) is 4.17. The number of rotatable bonds is 5. The highest BCUT2D eigenvalue weighted by Gasteiger charge is 2.32. The zero-order valence-electron chi connectivity index (χ0n) is 15.4. The average Bonchev–Trinajstić information content (AvgIpc) is 2.66. The fourth-order valence-electron chi connectivity index (χ4n) is 2.94. The van der Waals surface area contributed by atoms with Crippen molar-refractivity contribution in [3.05, 3.63) is 86.6 Å². The van der Waals surface area contributed by atoms with E-state index in [2.05, 4.69) is 10.6 Å². The zero-order chi connectivity index (χ0) is 20.3. The molecule has 3 rings (SSSR count). The second-order valence-electron chi connectivity index (χ2n) is 6.48. The first kappa shape index (κ1) is 19.1. The van der Waals surface area contributed by atoms with Crippen LogP contribution in [0.5, 0.6) is 0 Å². The van der Waals surface area contributed by atoms with Gasteiger partial charge >= 0.3 is 12.0 Å². The molecule has 1 aliphatic heterocycles. The number of carbonyl (C=O) groups excluding carboxylic acids is 2. The lowest BCUT2D eigenvalue weighted by atomic mass is 9.95. The minimum Gasteiger partial charge on any atom is -0.457 e. The van der Waals surface area contributed by atoms with Crippen molar-refractivity contribution < 1.29 is 19.2 Å². The minimum absolute atomic E-state index is 0.0749. The van der Waals surface area contributed by atoms with Crippen LogP contribution in [0.15, 0.2) is 59.8 Å². The Kier molecular flexibility index (Phi) is 5.39. The summed E-state index contributed by atoms with van der Waals surface area (Å²) in [6, 6.07) is 12.0. The number of benzene rings is 2. The van der Waals surface area contributed by atoms with Gasteiger partial charge < -0.3 is 15.4 Å². The predicted octanol–water partition coefficient (Wildman–Crippen LogP) is 3.27. The molecule has 0 spiro atoms. The molecule has 0 radical (unpaired) electrons. The summed E-state index contributed by atoms with van der Waals surface area (Å²) in [6.45, 7) is 3.63. The summed E-state index contributed by atoms with van der Waals surface area (Å²) < 4.78 is 5.42. The van der Waals surface area contributed by atoms with Crippen LogP contribution < -0.4 is 10.6 Å². The molecule has 144 valence electrons. The zero-order valence-corrected chi connectivity index (χ0v) is 15.4. The highest BCUT2D eigenvalue weighted by Crippen LogP contribution is 2.29. The number of amides is 2. The standard InChI is InChI=1S/C20H19N3O5/c1-12-6-8-14(9-7-12)11-28-19(24)17-13(2)21-20(25)22-18(17)15-4-3-5-16(10-15)23(26)27/h3-10,18H,11H2,1-2H3,(H2,21,22,25). The summed E-state index contributed by atoms with van der Waals surface area (Å²) in [4.78, 5) is 35.2. The number of nitrogens with zero attached hydrogens (tertiary/aromatic N) is 1. The van der Waals surface area contributed by atoms with Crippen LogP contribution in [0.4, 0.5) is 10.5 Å². The summed E-state index contributed by atoms with van der Waals surface area (Å²) in [6.07, 6.45) is 0. The summed E-state index contributed by atoms with van der Waals surface area (Å²) >= 11 is 0. The van der Waals surface area contributed by atoms with Gasteiger partial charge in [-0.3, -0.25) is 10.1 Å². The van der Waals surface area contributed by atoms with Crippen molar-refractivity contribution in [1.82, 2.24) is 10.6 Å². The van der Waals surface area contributed by atoms with E-state index in [1.165, 1.54) is 18.2 Å². The molecule has 28 heavy (non-hydrogen) atoms. The van der Waals surface area contributed by atoms with Crippen LogP contribution in [0, 0.1) is 17.0 Å². The average molecular weight is 381 g/mol. The van der Waals surface area contributed by atoms with E-state index in [9.17, 15) is 19.7 Å². The number of urea groups is 1. The highest BCUT2D eigenvalue weighted by molar-refractivity contribution is 5.95. The molecular formula is C20H19N3O5. The Morgan fingerprint density at radius 2 is 1.89 bits per heavy atom. The molecule has 1 aliphatic rings. The fourth-order valence-corrected chi connectivity index (χ4v) is 2.94. The summed E-state index contributed by atoms with van der Waals surface area (Å²) in [5.74, 6) is -0.609. The Morgan fingerprint density at radius 1 is 1.18 bits per heavy atom. The molecule has 1 unspecified atom stereocenters. The maximum absolute atomic E-state index is 12.8. The molecule has 2 aromatic carbocycles. The van der Waals surface area contributed by atoms with Gasteiger partial charge in [-0.25, -0.2) is 9.59 Å². The maximum atomic E-state index is 12.8. The molecule has 8 heteroatoms. The minimum atomic E-state index is -0.848. The van der Waals surface area contributed by atoms with E-state index in [-0.39, 0.29) is 17.9 Å². The topological polar surface area (TPSA) is 111 Å². The molecule has 2 N–H and O–H groups in total. The van der Waals surface area contributed by atoms with Crippen LogP contribution in [-0.4, -0.2) is 16.9 Å². The largest absolute Gasteiger partial charge is 0.457 e. The number of nitro benzene ring substituents is 1. The Bertz CT molecular complexity index is 966. The van der Waals surface area contributed by atoms with E-state index in [4.69, 9.17) is 4.74 Å². The van der Waals surface area contributed by atoms with Gasteiger partial charge in [0.05, 0.1) is 16.5 Å². The SMILES string of the molecule is CC1=C(C(=O)OCc2ccc(C)cc2)C(c2cccc([N+](=O)[O-])c2)NC(=O)N1. The van der Waals surface area contributed by atoms with Crippen molar-refractivity contribution in [2.24, 2.45) is 0 Å². The van der Waals surface area contributed by atoms with E-state index in [1.807, 2.05) is 31.2 Å². The van der Waals surface area contributed by atoms with Gasteiger partial charge in [0.2, 0.25) is 0 Å². The van der Waals surface area contributed by atoms with Crippen molar-refractivity contribution in [3.8, 4) is 0 Å².